The van der Waals surface area contributed by atoms with Gasteiger partial charge in [-0.15, -0.1) is 0 Å². The average molecular weight is 299 g/mol. The summed E-state index contributed by atoms with van der Waals surface area (Å²) >= 11 is 12.4. The van der Waals surface area contributed by atoms with Gasteiger partial charge >= 0.3 is 0 Å². The second-order valence-electron chi connectivity index (χ2n) is 4.06. The highest BCUT2D eigenvalue weighted by molar-refractivity contribution is 6.36. The highest BCUT2D eigenvalue weighted by Crippen LogP contribution is 2.33. The number of nitrogens with one attached hydrogen (secondary N) is 1. The molecule has 2 nitrogen and oxygen atoms in total. The molecule has 19 heavy (non-hydrogen) atoms. The van der Waals surface area contributed by atoms with Gasteiger partial charge in [0.15, 0.2) is 0 Å². The van der Waals surface area contributed by atoms with Crippen molar-refractivity contribution < 1.29 is 4.39 Å². The van der Waals surface area contributed by atoms with Crippen LogP contribution < -0.4 is 5.32 Å². The summed E-state index contributed by atoms with van der Waals surface area (Å²) in [5.41, 5.74) is 1.43. The molecule has 1 atom stereocenters. The van der Waals surface area contributed by atoms with Crippen molar-refractivity contribution in [3.63, 3.8) is 0 Å². The molecule has 1 aromatic heterocycles. The molecule has 1 N–H and O–H groups in total. The lowest BCUT2D eigenvalue weighted by atomic mass is 10.00. The molecule has 1 unspecified atom stereocenters. The number of halogens is 3. The van der Waals surface area contributed by atoms with Crippen LogP contribution in [0, 0.1) is 5.82 Å². The monoisotopic (exact) mass is 298 g/mol. The van der Waals surface area contributed by atoms with Crippen molar-refractivity contribution in [3.8, 4) is 0 Å². The summed E-state index contributed by atoms with van der Waals surface area (Å²) < 4.78 is 13.3. The Balaban J connectivity index is 2.51. The van der Waals surface area contributed by atoms with E-state index in [2.05, 4.69) is 10.3 Å². The van der Waals surface area contributed by atoms with Gasteiger partial charge in [-0.1, -0.05) is 36.2 Å². The van der Waals surface area contributed by atoms with E-state index < -0.39 is 0 Å². The second kappa shape index (κ2) is 6.33. The van der Waals surface area contributed by atoms with E-state index in [-0.39, 0.29) is 11.9 Å². The summed E-state index contributed by atoms with van der Waals surface area (Å²) in [5, 5.41) is 4.34. The van der Waals surface area contributed by atoms with Gasteiger partial charge in [0.1, 0.15) is 5.82 Å². The van der Waals surface area contributed by atoms with Crippen LogP contribution in [0.5, 0.6) is 0 Å². The molecule has 0 radical (unpaired) electrons. The lowest BCUT2D eigenvalue weighted by Crippen LogP contribution is -2.23. The summed E-state index contributed by atoms with van der Waals surface area (Å²) in [6.07, 6.45) is 2.77. The highest BCUT2D eigenvalue weighted by atomic mass is 35.5. The first kappa shape index (κ1) is 14.3. The minimum atomic E-state index is -0.386. The Morgan fingerprint density at radius 3 is 2.53 bits per heavy atom. The van der Waals surface area contributed by atoms with Crippen LogP contribution in [0.4, 0.5) is 4.39 Å². The second-order valence-corrected chi connectivity index (χ2v) is 4.88. The van der Waals surface area contributed by atoms with Crippen molar-refractivity contribution in [2.24, 2.45) is 0 Å². The molecule has 2 aromatic rings. The van der Waals surface area contributed by atoms with Crippen LogP contribution in [0.15, 0.2) is 36.7 Å². The molecule has 0 bridgehead atoms. The lowest BCUT2D eigenvalue weighted by Gasteiger charge is -2.21. The Morgan fingerprint density at radius 1 is 1.26 bits per heavy atom. The summed E-state index contributed by atoms with van der Waals surface area (Å²) in [6, 6.07) is 6.45. The molecular formula is C14H13Cl2FN2. The Kier molecular flexibility index (Phi) is 4.75. The Bertz CT molecular complexity index is 555. The van der Waals surface area contributed by atoms with E-state index in [4.69, 9.17) is 23.2 Å². The third kappa shape index (κ3) is 3.24. The molecule has 2 rings (SSSR count). The van der Waals surface area contributed by atoms with Gasteiger partial charge in [-0.25, -0.2) is 4.39 Å². The Hall–Kier alpha value is -1.16. The van der Waals surface area contributed by atoms with Crippen LogP contribution in [-0.2, 0) is 0 Å². The van der Waals surface area contributed by atoms with Crippen LogP contribution in [0.2, 0.25) is 10.0 Å². The van der Waals surface area contributed by atoms with Crippen LogP contribution in [0.3, 0.4) is 0 Å². The molecule has 0 spiro atoms. The first-order chi connectivity index (χ1) is 9.13. The molecule has 1 heterocycles. The third-order valence-corrected chi connectivity index (χ3v) is 3.42. The molecule has 0 aliphatic rings. The fourth-order valence-electron chi connectivity index (χ4n) is 1.96. The topological polar surface area (TPSA) is 24.9 Å². The molecule has 0 aliphatic carbocycles. The molecule has 0 saturated heterocycles. The molecule has 0 saturated carbocycles. The molecule has 0 fully saturated rings. The molecule has 100 valence electrons. The van der Waals surface area contributed by atoms with Gasteiger partial charge in [-0.2, -0.15) is 0 Å². The zero-order valence-electron chi connectivity index (χ0n) is 10.3. The van der Waals surface area contributed by atoms with E-state index in [1.807, 2.05) is 6.92 Å². The maximum Gasteiger partial charge on any atom is 0.141 e. The quantitative estimate of drug-likeness (QED) is 0.914. The third-order valence-electron chi connectivity index (χ3n) is 2.76. The Labute approximate surface area is 121 Å². The molecule has 5 heteroatoms. The van der Waals surface area contributed by atoms with E-state index in [0.717, 1.165) is 5.56 Å². The van der Waals surface area contributed by atoms with Crippen LogP contribution in [0.25, 0.3) is 0 Å². The zero-order valence-corrected chi connectivity index (χ0v) is 11.8. The first-order valence-corrected chi connectivity index (χ1v) is 6.66. The van der Waals surface area contributed by atoms with Crippen molar-refractivity contribution in [2.45, 2.75) is 13.0 Å². The Morgan fingerprint density at radius 2 is 1.95 bits per heavy atom. The minimum Gasteiger partial charge on any atom is -0.306 e. The molecular weight excluding hydrogens is 286 g/mol. The number of rotatable bonds is 4. The van der Waals surface area contributed by atoms with Gasteiger partial charge in [0, 0.05) is 21.8 Å². The molecule has 0 aliphatic heterocycles. The van der Waals surface area contributed by atoms with E-state index in [0.29, 0.717) is 22.2 Å². The maximum atomic E-state index is 13.3. The summed E-state index contributed by atoms with van der Waals surface area (Å²) in [7, 11) is 0. The number of hydrogen-bond acceptors (Lipinski definition) is 2. The number of nitrogens with zero attached hydrogens (tertiary/aromatic N) is 1. The van der Waals surface area contributed by atoms with Gasteiger partial charge in [0.25, 0.3) is 0 Å². The van der Waals surface area contributed by atoms with Crippen molar-refractivity contribution in [2.75, 3.05) is 6.54 Å². The summed E-state index contributed by atoms with van der Waals surface area (Å²) in [6.45, 7) is 2.66. The van der Waals surface area contributed by atoms with Crippen LogP contribution in [-0.4, -0.2) is 11.5 Å². The zero-order chi connectivity index (χ0) is 13.8. The fraction of sp³-hybridized carbons (Fsp3) is 0.214. The van der Waals surface area contributed by atoms with Crippen molar-refractivity contribution in [3.05, 3.63) is 63.6 Å². The smallest absolute Gasteiger partial charge is 0.141 e. The van der Waals surface area contributed by atoms with Gasteiger partial charge in [-0.05, 0) is 30.3 Å². The average Bonchev–Trinajstić information content (AvgIpc) is 2.37. The fourth-order valence-corrected chi connectivity index (χ4v) is 2.58. The maximum absolute atomic E-state index is 13.3. The largest absolute Gasteiger partial charge is 0.306 e. The van der Waals surface area contributed by atoms with E-state index in [1.165, 1.54) is 12.3 Å². The van der Waals surface area contributed by atoms with Gasteiger partial charge < -0.3 is 5.32 Å². The van der Waals surface area contributed by atoms with Gasteiger partial charge in [0.2, 0.25) is 0 Å². The number of hydrogen-bond donors (Lipinski definition) is 1. The van der Waals surface area contributed by atoms with E-state index in [9.17, 15) is 4.39 Å². The SMILES string of the molecule is CCNC(c1cncc(F)c1)c1c(Cl)cccc1Cl. The number of benzene rings is 1. The van der Waals surface area contributed by atoms with E-state index >= 15 is 0 Å². The van der Waals surface area contributed by atoms with Crippen LogP contribution >= 0.6 is 23.2 Å². The number of pyridine rings is 1. The van der Waals surface area contributed by atoms with Crippen LogP contribution in [0.1, 0.15) is 24.1 Å². The van der Waals surface area contributed by atoms with Crippen molar-refractivity contribution in [1.29, 1.82) is 0 Å². The predicted octanol–water partition coefficient (Wildman–Crippen LogP) is 4.23. The summed E-state index contributed by atoms with van der Waals surface area (Å²) in [4.78, 5) is 3.87. The lowest BCUT2D eigenvalue weighted by molar-refractivity contribution is 0.596. The van der Waals surface area contributed by atoms with Crippen molar-refractivity contribution >= 4 is 23.2 Å². The molecule has 0 amide bonds. The molecule has 1 aromatic carbocycles. The number of aromatic nitrogens is 1. The predicted molar refractivity (Wildman–Crippen MR) is 76.2 cm³/mol. The highest BCUT2D eigenvalue weighted by Gasteiger charge is 2.19. The standard InChI is InChI=1S/C14H13Cl2FN2/c1-2-19-14(9-6-10(17)8-18-7-9)13-11(15)4-3-5-12(13)16/h3-8,14,19H,2H2,1H3. The van der Waals surface area contributed by atoms with Crippen molar-refractivity contribution in [1.82, 2.24) is 10.3 Å². The normalized spacial score (nSPS) is 12.4. The van der Waals surface area contributed by atoms with Gasteiger partial charge in [-0.3, -0.25) is 4.98 Å². The van der Waals surface area contributed by atoms with E-state index in [1.54, 1.807) is 24.4 Å². The van der Waals surface area contributed by atoms with Gasteiger partial charge in [0.05, 0.1) is 12.2 Å². The summed E-state index contributed by atoms with van der Waals surface area (Å²) in [5.74, 6) is -0.386. The first-order valence-electron chi connectivity index (χ1n) is 5.91. The minimum absolute atomic E-state index is 0.283.